The number of nitrogens with one attached hydrogen (secondary N) is 1. The van der Waals surface area contributed by atoms with Crippen LogP contribution in [0.1, 0.15) is 154 Å². The minimum Gasteiger partial charge on any atom is -0.461 e. The molecule has 0 aliphatic heterocycles. The molecule has 0 saturated carbocycles. The van der Waals surface area contributed by atoms with Crippen molar-refractivity contribution in [2.24, 2.45) is 0 Å². The molecule has 0 aliphatic rings. The number of furan rings is 1. The Morgan fingerprint density at radius 3 is 1.64 bits per heavy atom. The zero-order valence-electron chi connectivity index (χ0n) is 41.4. The number of H-pyrrole nitrogens is 1. The summed E-state index contributed by atoms with van der Waals surface area (Å²) >= 11 is 0. The topological polar surface area (TPSA) is 72.8 Å². The first-order chi connectivity index (χ1) is 31.7. The Morgan fingerprint density at radius 2 is 1.09 bits per heavy atom. The van der Waals surface area contributed by atoms with Crippen molar-refractivity contribution >= 4 is 43.5 Å². The molecule has 0 spiro atoms. The first-order valence-corrected chi connectivity index (χ1v) is 23.7. The van der Waals surface area contributed by atoms with Gasteiger partial charge in [-0.25, -0.2) is 0 Å². The van der Waals surface area contributed by atoms with Crippen LogP contribution in [0.25, 0.3) is 43.5 Å². The van der Waals surface area contributed by atoms with Crippen LogP contribution in [0.5, 0.6) is 0 Å². The summed E-state index contributed by atoms with van der Waals surface area (Å²) < 4.78 is 12.8. The van der Waals surface area contributed by atoms with E-state index in [-0.39, 0.29) is 7.43 Å². The maximum absolute atomic E-state index is 5.63. The number of rotatable bonds is 6. The Morgan fingerprint density at radius 1 is 0.493 bits per heavy atom. The lowest BCUT2D eigenvalue weighted by Crippen LogP contribution is -1.99. The minimum absolute atomic E-state index is 0. The summed E-state index contributed by atoms with van der Waals surface area (Å²) in [5, 5.41) is 14.4. The second-order valence-electron chi connectivity index (χ2n) is 18.4. The molecule has 10 aromatic rings. The van der Waals surface area contributed by atoms with Gasteiger partial charge in [0.1, 0.15) is 22.6 Å². The van der Waals surface area contributed by atoms with Crippen molar-refractivity contribution < 1.29 is 8.94 Å². The van der Waals surface area contributed by atoms with E-state index in [1.165, 1.54) is 43.9 Å². The number of benzene rings is 6. The fraction of sp³-hybridized carbons (Fsp3) is 0.311. The fourth-order valence-corrected chi connectivity index (χ4v) is 7.20. The molecule has 0 aliphatic carbocycles. The van der Waals surface area contributed by atoms with E-state index >= 15 is 0 Å². The van der Waals surface area contributed by atoms with Crippen LogP contribution in [0.15, 0.2) is 185 Å². The van der Waals surface area contributed by atoms with Crippen LogP contribution in [0, 0.1) is 0 Å². The Bertz CT molecular complexity index is 2730. The third kappa shape index (κ3) is 15.7. The van der Waals surface area contributed by atoms with Crippen LogP contribution >= 0.6 is 0 Å². The number of nitrogens with zero attached hydrogens (tertiary/aromatic N) is 3. The van der Waals surface area contributed by atoms with E-state index in [9.17, 15) is 0 Å². The van der Waals surface area contributed by atoms with Gasteiger partial charge in [-0.2, -0.15) is 5.10 Å². The number of para-hydroxylation sites is 2. The summed E-state index contributed by atoms with van der Waals surface area (Å²) in [6.07, 6.45) is 3.75. The minimum atomic E-state index is 0. The Kier molecular flexibility index (Phi) is 20.9. The molecule has 0 unspecified atom stereocenters. The predicted octanol–water partition coefficient (Wildman–Crippen LogP) is 18.7. The predicted molar refractivity (Wildman–Crippen MR) is 289 cm³/mol. The van der Waals surface area contributed by atoms with Gasteiger partial charge in [-0.3, -0.25) is 4.68 Å². The molecule has 0 fully saturated rings. The molecular formula is C61H76N4O2. The lowest BCUT2D eigenvalue weighted by molar-refractivity contribution is 0.378. The molecular weight excluding hydrogens is 821 g/mol. The highest BCUT2D eigenvalue weighted by molar-refractivity contribution is 5.86. The van der Waals surface area contributed by atoms with Gasteiger partial charge in [0.05, 0.1) is 0 Å². The van der Waals surface area contributed by atoms with Crippen LogP contribution in [0.3, 0.4) is 0 Å². The summed E-state index contributed by atoms with van der Waals surface area (Å²) in [6.45, 7) is 26.0. The fourth-order valence-electron chi connectivity index (χ4n) is 7.20. The van der Waals surface area contributed by atoms with Gasteiger partial charge in [0.2, 0.25) is 0 Å². The zero-order valence-corrected chi connectivity index (χ0v) is 41.4. The SMILES string of the molecule is C.CC(C)c1cc2ccccc2[nH]1.CC(C)c1cc2ccccc2o1.CC(C)c1cccc2ccccc12.CC(C)c1ccccc1.CC(C)c1onc2ccccc12.CC(C)n1cccn1. The standard InChI is InChI=1S/C13H14.C11H13N.C11H12O.C10H11NO.C9H12.C6H10N2.CH4/c1-10(2)12-9-5-7-11-6-3-4-8-13(11)12;2*1-8(2)11-7-9-5-3-4-6-10(9)12-11;1-7(2)10-8-5-3-4-6-9(8)11-12-10;1-8(2)9-6-4-3-5-7-9;1-6(2)8-5-3-4-7-8;/h3-10H,1-2H3;3-8,12H,1-2H3;3-8H,1-2H3;3-7H,1-2H3;3-8H,1-2H3;3-6H,1-2H3;1H4. The van der Waals surface area contributed by atoms with Crippen LogP contribution in [-0.2, 0) is 0 Å². The van der Waals surface area contributed by atoms with E-state index in [4.69, 9.17) is 8.94 Å². The molecule has 0 radical (unpaired) electrons. The highest BCUT2D eigenvalue weighted by Crippen LogP contribution is 2.27. The van der Waals surface area contributed by atoms with Crippen LogP contribution in [-0.4, -0.2) is 19.9 Å². The molecule has 10 rings (SSSR count). The monoisotopic (exact) mass is 897 g/mol. The largest absolute Gasteiger partial charge is 0.461 e. The van der Waals surface area contributed by atoms with E-state index in [1.807, 2.05) is 65.5 Å². The summed E-state index contributed by atoms with van der Waals surface area (Å²) in [4.78, 5) is 3.40. The van der Waals surface area contributed by atoms with Crippen molar-refractivity contribution in [2.45, 2.75) is 126 Å². The smallest absolute Gasteiger partial charge is 0.147 e. The highest BCUT2D eigenvalue weighted by atomic mass is 16.5. The molecule has 0 amide bonds. The van der Waals surface area contributed by atoms with Gasteiger partial charge >= 0.3 is 0 Å². The molecule has 6 heteroatoms. The van der Waals surface area contributed by atoms with Crippen molar-refractivity contribution in [2.75, 3.05) is 0 Å². The summed E-state index contributed by atoms with van der Waals surface area (Å²) in [7, 11) is 0. The number of fused-ring (bicyclic) bond motifs is 4. The first-order valence-electron chi connectivity index (χ1n) is 23.7. The van der Waals surface area contributed by atoms with Crippen molar-refractivity contribution in [1.82, 2.24) is 19.9 Å². The molecule has 0 atom stereocenters. The number of hydrogen-bond donors (Lipinski definition) is 1. The normalized spacial score (nSPS) is 10.8. The average Bonchev–Trinajstić information content (AvgIpc) is 4.17. The molecule has 4 aromatic heterocycles. The van der Waals surface area contributed by atoms with Gasteiger partial charge < -0.3 is 13.9 Å². The second kappa shape index (κ2) is 26.5. The van der Waals surface area contributed by atoms with Gasteiger partial charge in [0, 0.05) is 52.3 Å². The van der Waals surface area contributed by atoms with Crippen LogP contribution in [0.4, 0.5) is 0 Å². The maximum atomic E-state index is 5.63. The van der Waals surface area contributed by atoms with Crippen LogP contribution in [0.2, 0.25) is 0 Å². The average molecular weight is 897 g/mol. The Balaban J connectivity index is 0.000000176. The highest BCUT2D eigenvalue weighted by Gasteiger charge is 2.10. The molecule has 4 heterocycles. The lowest BCUT2D eigenvalue weighted by atomic mass is 9.96. The third-order valence-electron chi connectivity index (χ3n) is 11.1. The Labute approximate surface area is 401 Å². The van der Waals surface area contributed by atoms with Gasteiger partial charge in [0.25, 0.3) is 0 Å². The molecule has 352 valence electrons. The van der Waals surface area contributed by atoms with Gasteiger partial charge in [0.15, 0.2) is 0 Å². The zero-order chi connectivity index (χ0) is 47.6. The molecule has 67 heavy (non-hydrogen) atoms. The quantitative estimate of drug-likeness (QED) is 0.180. The number of aromatic amines is 1. The number of aromatic nitrogens is 4. The number of hydrogen-bond acceptors (Lipinski definition) is 4. The molecule has 0 saturated heterocycles. The van der Waals surface area contributed by atoms with E-state index < -0.39 is 0 Å². The molecule has 0 bridgehead atoms. The van der Waals surface area contributed by atoms with Crippen LogP contribution < -0.4 is 0 Å². The summed E-state index contributed by atoms with van der Waals surface area (Å²) in [5.41, 5.74) is 7.34. The summed E-state index contributed by atoms with van der Waals surface area (Å²) in [5.74, 6) is 4.76. The van der Waals surface area contributed by atoms with Gasteiger partial charge in [-0.05, 0) is 101 Å². The molecule has 6 nitrogen and oxygen atoms in total. The van der Waals surface area contributed by atoms with E-state index in [2.05, 4.69) is 208 Å². The first kappa shape index (κ1) is 53.0. The van der Waals surface area contributed by atoms with Crippen molar-refractivity contribution in [3.8, 4) is 0 Å². The third-order valence-corrected chi connectivity index (χ3v) is 11.1. The van der Waals surface area contributed by atoms with E-state index in [0.717, 1.165) is 28.0 Å². The summed E-state index contributed by atoms with van der Waals surface area (Å²) in [6, 6.07) is 56.8. The second-order valence-corrected chi connectivity index (χ2v) is 18.4. The maximum Gasteiger partial charge on any atom is 0.147 e. The lowest BCUT2D eigenvalue weighted by Gasteiger charge is -2.08. The Hall–Kier alpha value is -6.66. The van der Waals surface area contributed by atoms with Gasteiger partial charge in [-0.15, -0.1) is 0 Å². The van der Waals surface area contributed by atoms with Crippen molar-refractivity contribution in [1.29, 1.82) is 0 Å². The van der Waals surface area contributed by atoms with E-state index in [1.54, 1.807) is 6.20 Å². The molecule has 6 aromatic carbocycles. The molecule has 1 N–H and O–H groups in total. The van der Waals surface area contributed by atoms with Crippen molar-refractivity contribution in [3.05, 3.63) is 205 Å². The van der Waals surface area contributed by atoms with Gasteiger partial charge in [-0.1, -0.05) is 203 Å². The van der Waals surface area contributed by atoms with Crippen molar-refractivity contribution in [3.63, 3.8) is 0 Å². The van der Waals surface area contributed by atoms with E-state index in [0.29, 0.717) is 35.6 Å².